The first-order valence-corrected chi connectivity index (χ1v) is 13.9. The summed E-state index contributed by atoms with van der Waals surface area (Å²) in [5, 5.41) is 2.22. The second-order valence-corrected chi connectivity index (χ2v) is 10.7. The fraction of sp³-hybridized carbons (Fsp3) is 0.433. The molecule has 0 spiro atoms. The van der Waals surface area contributed by atoms with Gasteiger partial charge in [-0.1, -0.05) is 36.4 Å². The van der Waals surface area contributed by atoms with E-state index in [9.17, 15) is 24.0 Å². The Labute approximate surface area is 238 Å². The topological polar surface area (TPSA) is 126 Å². The van der Waals surface area contributed by atoms with Gasteiger partial charge in [0.05, 0.1) is 22.9 Å². The number of imide groups is 2. The Hall–Kier alpha value is -4.25. The number of amides is 5. The van der Waals surface area contributed by atoms with Crippen LogP contribution in [0.5, 0.6) is 0 Å². The Morgan fingerprint density at radius 3 is 2.49 bits per heavy atom. The lowest BCUT2D eigenvalue weighted by atomic mass is 9.87. The quantitative estimate of drug-likeness (QED) is 0.346. The Morgan fingerprint density at radius 1 is 1.00 bits per heavy atom. The molecule has 3 aliphatic rings. The number of rotatable bonds is 10. The summed E-state index contributed by atoms with van der Waals surface area (Å²) in [6, 6.07) is 13.8. The number of carbonyl (C=O) groups excluding carboxylic acids is 5. The molecule has 2 aliphatic heterocycles. The summed E-state index contributed by atoms with van der Waals surface area (Å²) >= 11 is 0. The smallest absolute Gasteiger partial charge is 0.409 e. The van der Waals surface area contributed by atoms with Crippen LogP contribution >= 0.6 is 0 Å². The number of hydrogen-bond acceptors (Lipinski definition) is 8. The van der Waals surface area contributed by atoms with E-state index in [1.165, 1.54) is 4.90 Å². The first-order chi connectivity index (χ1) is 19.7. The second kappa shape index (κ2) is 12.1. The van der Waals surface area contributed by atoms with Gasteiger partial charge in [-0.25, -0.2) is 4.79 Å². The van der Waals surface area contributed by atoms with E-state index in [0.717, 1.165) is 23.3 Å². The minimum Gasteiger partial charge on any atom is -0.445 e. The molecule has 0 aromatic heterocycles. The molecule has 11 nitrogen and oxygen atoms in total. The maximum absolute atomic E-state index is 13.4. The molecule has 5 amide bonds. The number of fused-ring (bicyclic) bond motifs is 1. The van der Waals surface area contributed by atoms with E-state index < -0.39 is 29.7 Å². The Kier molecular flexibility index (Phi) is 8.34. The van der Waals surface area contributed by atoms with E-state index in [0.29, 0.717) is 25.3 Å². The Morgan fingerprint density at radius 2 is 1.76 bits per heavy atom. The number of nitrogens with one attached hydrogen (secondary N) is 1. The number of benzene rings is 2. The highest BCUT2D eigenvalue weighted by atomic mass is 16.6. The number of carbonyl (C=O) groups is 5. The van der Waals surface area contributed by atoms with Crippen molar-refractivity contribution in [3.05, 3.63) is 65.2 Å². The fourth-order valence-corrected chi connectivity index (χ4v) is 5.45. The average Bonchev–Trinajstić information content (AvgIpc) is 3.20. The van der Waals surface area contributed by atoms with Crippen molar-refractivity contribution in [3.8, 4) is 0 Å². The van der Waals surface area contributed by atoms with E-state index in [4.69, 9.17) is 9.47 Å². The number of hydrogen-bond donors (Lipinski definition) is 1. The minimum absolute atomic E-state index is 0.0619. The van der Waals surface area contributed by atoms with Crippen molar-refractivity contribution < 1.29 is 33.4 Å². The molecule has 1 saturated carbocycles. The number of nitrogens with zero attached hydrogens (tertiary/aromatic N) is 3. The first kappa shape index (κ1) is 28.3. The summed E-state index contributed by atoms with van der Waals surface area (Å²) in [6.07, 6.45) is 2.07. The van der Waals surface area contributed by atoms with Gasteiger partial charge >= 0.3 is 6.09 Å². The predicted molar refractivity (Wildman–Crippen MR) is 148 cm³/mol. The maximum atomic E-state index is 13.4. The molecule has 2 heterocycles. The molecule has 1 atom stereocenters. The summed E-state index contributed by atoms with van der Waals surface area (Å²) in [4.78, 5) is 67.2. The SMILES string of the molecule is CN(CCCOC1CC(N(C)c2cccc3c2C(=O)N(C2CCC(=O)NC2=O)C3=O)C1)C(=O)OCc1ccccc1. The summed E-state index contributed by atoms with van der Waals surface area (Å²) in [5.41, 5.74) is 2.12. The lowest BCUT2D eigenvalue weighted by Gasteiger charge is -2.42. The van der Waals surface area contributed by atoms with E-state index in [1.807, 2.05) is 42.3 Å². The van der Waals surface area contributed by atoms with Gasteiger partial charge in [0.15, 0.2) is 0 Å². The predicted octanol–water partition coefficient (Wildman–Crippen LogP) is 2.73. The van der Waals surface area contributed by atoms with Gasteiger partial charge in [0.2, 0.25) is 11.8 Å². The number of anilines is 1. The van der Waals surface area contributed by atoms with Crippen LogP contribution < -0.4 is 10.2 Å². The lowest BCUT2D eigenvalue weighted by molar-refractivity contribution is -0.136. The average molecular weight is 563 g/mol. The van der Waals surface area contributed by atoms with Gasteiger partial charge < -0.3 is 19.3 Å². The van der Waals surface area contributed by atoms with Crippen LogP contribution in [-0.4, -0.2) is 85.0 Å². The van der Waals surface area contributed by atoms with Crippen LogP contribution in [0.1, 0.15) is 58.4 Å². The van der Waals surface area contributed by atoms with Gasteiger partial charge in [-0.15, -0.1) is 0 Å². The van der Waals surface area contributed by atoms with Crippen molar-refractivity contribution in [2.45, 2.75) is 56.9 Å². The van der Waals surface area contributed by atoms with Crippen molar-refractivity contribution in [3.63, 3.8) is 0 Å². The molecule has 1 N–H and O–H groups in total. The summed E-state index contributed by atoms with van der Waals surface area (Å²) in [6.45, 7) is 1.25. The third-order valence-corrected chi connectivity index (χ3v) is 7.95. The van der Waals surface area contributed by atoms with Gasteiger partial charge in [-0.2, -0.15) is 0 Å². The normalized spacial score (nSPS) is 21.7. The van der Waals surface area contributed by atoms with E-state index in [2.05, 4.69) is 5.32 Å². The van der Waals surface area contributed by atoms with Crippen molar-refractivity contribution in [2.24, 2.45) is 0 Å². The van der Waals surface area contributed by atoms with Crippen molar-refractivity contribution >= 4 is 35.4 Å². The number of piperidine rings is 1. The van der Waals surface area contributed by atoms with Crippen LogP contribution in [0.15, 0.2) is 48.5 Å². The summed E-state index contributed by atoms with van der Waals surface area (Å²) in [5.74, 6) is -2.06. The molecule has 2 aromatic carbocycles. The zero-order chi connectivity index (χ0) is 29.1. The van der Waals surface area contributed by atoms with Crippen LogP contribution in [0.2, 0.25) is 0 Å². The highest BCUT2D eigenvalue weighted by Gasteiger charge is 2.46. The standard InChI is InChI=1S/C30H34N4O7/c1-32(30(39)41-18-19-8-4-3-5-9-19)14-7-15-40-21-16-20(17-21)33(2)23-11-6-10-22-26(23)29(38)34(28(22)37)24-12-13-25(35)31-27(24)36/h3-6,8-11,20-21,24H,7,12-18H2,1-2H3,(H,31,35,36). The molecule has 216 valence electrons. The zero-order valence-corrected chi connectivity index (χ0v) is 23.2. The molecule has 1 saturated heterocycles. The monoisotopic (exact) mass is 562 g/mol. The molecular weight excluding hydrogens is 528 g/mol. The van der Waals surface area contributed by atoms with Crippen molar-refractivity contribution in [2.75, 3.05) is 32.1 Å². The van der Waals surface area contributed by atoms with E-state index in [1.54, 1.807) is 25.2 Å². The maximum Gasteiger partial charge on any atom is 0.409 e. The fourth-order valence-electron chi connectivity index (χ4n) is 5.45. The second-order valence-electron chi connectivity index (χ2n) is 10.7. The molecule has 2 fully saturated rings. The summed E-state index contributed by atoms with van der Waals surface area (Å²) < 4.78 is 11.3. The van der Waals surface area contributed by atoms with Gasteiger partial charge in [-0.05, 0) is 43.4 Å². The lowest BCUT2D eigenvalue weighted by Crippen LogP contribution is -2.54. The Bertz CT molecular complexity index is 1340. The van der Waals surface area contributed by atoms with Crippen LogP contribution in [0.25, 0.3) is 0 Å². The molecule has 2 aromatic rings. The molecule has 5 rings (SSSR count). The van der Waals surface area contributed by atoms with Crippen LogP contribution in [0.4, 0.5) is 10.5 Å². The highest BCUT2D eigenvalue weighted by Crippen LogP contribution is 2.38. The third-order valence-electron chi connectivity index (χ3n) is 7.95. The van der Waals surface area contributed by atoms with Crippen LogP contribution in [-0.2, 0) is 25.7 Å². The molecule has 41 heavy (non-hydrogen) atoms. The zero-order valence-electron chi connectivity index (χ0n) is 23.2. The molecule has 11 heteroatoms. The van der Waals surface area contributed by atoms with Crippen LogP contribution in [0, 0.1) is 0 Å². The molecule has 0 bridgehead atoms. The molecular formula is C30H34N4O7. The van der Waals surface area contributed by atoms with Crippen molar-refractivity contribution in [1.82, 2.24) is 15.1 Å². The molecule has 1 aliphatic carbocycles. The first-order valence-electron chi connectivity index (χ1n) is 13.9. The Balaban J connectivity index is 1.08. The molecule has 0 radical (unpaired) electrons. The van der Waals surface area contributed by atoms with Gasteiger partial charge in [0.1, 0.15) is 12.6 Å². The third kappa shape index (κ3) is 5.95. The van der Waals surface area contributed by atoms with Crippen LogP contribution in [0.3, 0.4) is 0 Å². The van der Waals surface area contributed by atoms with Gasteiger partial charge in [-0.3, -0.25) is 29.4 Å². The van der Waals surface area contributed by atoms with Crippen molar-refractivity contribution in [1.29, 1.82) is 0 Å². The van der Waals surface area contributed by atoms with E-state index >= 15 is 0 Å². The minimum atomic E-state index is -0.996. The largest absolute Gasteiger partial charge is 0.445 e. The molecule has 1 unspecified atom stereocenters. The van der Waals surface area contributed by atoms with E-state index in [-0.39, 0.29) is 48.8 Å². The summed E-state index contributed by atoms with van der Waals surface area (Å²) in [7, 11) is 3.59. The van der Waals surface area contributed by atoms with Gasteiger partial charge in [0.25, 0.3) is 11.8 Å². The van der Waals surface area contributed by atoms with Gasteiger partial charge in [0, 0.05) is 39.7 Å². The highest BCUT2D eigenvalue weighted by molar-refractivity contribution is 6.25. The number of ether oxygens (including phenoxy) is 2.